The molecule has 0 atom stereocenters. The van der Waals surface area contributed by atoms with E-state index in [2.05, 4.69) is 38.1 Å². The van der Waals surface area contributed by atoms with Crippen LogP contribution in [-0.2, 0) is 0 Å². The van der Waals surface area contributed by atoms with Crippen LogP contribution < -0.4 is 14.8 Å². The molecule has 5 nitrogen and oxygen atoms in total. The molecule has 0 fully saturated rings. The Morgan fingerprint density at radius 2 is 2.00 bits per heavy atom. The van der Waals surface area contributed by atoms with Gasteiger partial charge >= 0.3 is 0 Å². The fraction of sp³-hybridized carbons (Fsp3) is 0.333. The van der Waals surface area contributed by atoms with E-state index in [0.717, 1.165) is 34.5 Å². The lowest BCUT2D eigenvalue weighted by molar-refractivity contribution is 0.390. The predicted octanol–water partition coefficient (Wildman–Crippen LogP) is 3.75. The molecule has 0 bridgehead atoms. The topological polar surface area (TPSA) is 56.3 Å². The standard InChI is InChI=1S/C15H18BrN3O2/c1-4-7-17-13-8-11(18-9-19-13)10-5-6-12(20-2)14(16)15(10)21-3/h5-6,8-9H,4,7H2,1-3H3,(H,17,18,19). The quantitative estimate of drug-likeness (QED) is 0.858. The number of nitrogens with zero attached hydrogens (tertiary/aromatic N) is 2. The van der Waals surface area contributed by atoms with Crippen molar-refractivity contribution in [3.05, 3.63) is 29.0 Å². The molecule has 2 rings (SSSR count). The van der Waals surface area contributed by atoms with E-state index >= 15 is 0 Å². The summed E-state index contributed by atoms with van der Waals surface area (Å²) < 4.78 is 11.5. The van der Waals surface area contributed by atoms with Crippen molar-refractivity contribution < 1.29 is 9.47 Å². The molecule has 1 aromatic carbocycles. The highest BCUT2D eigenvalue weighted by Crippen LogP contribution is 2.41. The molecule has 2 aromatic rings. The van der Waals surface area contributed by atoms with Crippen LogP contribution in [0, 0.1) is 0 Å². The first-order chi connectivity index (χ1) is 10.2. The third kappa shape index (κ3) is 3.44. The fourth-order valence-electron chi connectivity index (χ4n) is 1.95. The summed E-state index contributed by atoms with van der Waals surface area (Å²) in [6, 6.07) is 5.71. The van der Waals surface area contributed by atoms with Crippen LogP contribution in [0.15, 0.2) is 29.0 Å². The molecular formula is C15H18BrN3O2. The lowest BCUT2D eigenvalue weighted by atomic mass is 10.1. The number of benzene rings is 1. The van der Waals surface area contributed by atoms with Gasteiger partial charge in [0.05, 0.1) is 19.9 Å². The monoisotopic (exact) mass is 351 g/mol. The van der Waals surface area contributed by atoms with Crippen molar-refractivity contribution in [2.45, 2.75) is 13.3 Å². The number of hydrogen-bond donors (Lipinski definition) is 1. The Bertz CT molecular complexity index is 620. The van der Waals surface area contributed by atoms with Crippen molar-refractivity contribution in [3.8, 4) is 22.8 Å². The Labute approximate surface area is 132 Å². The first-order valence-corrected chi connectivity index (χ1v) is 7.47. The number of rotatable bonds is 6. The van der Waals surface area contributed by atoms with Crippen LogP contribution >= 0.6 is 15.9 Å². The predicted molar refractivity (Wildman–Crippen MR) is 87.1 cm³/mol. The van der Waals surface area contributed by atoms with Gasteiger partial charge in [0.25, 0.3) is 0 Å². The van der Waals surface area contributed by atoms with Gasteiger partial charge in [0.2, 0.25) is 0 Å². The highest BCUT2D eigenvalue weighted by Gasteiger charge is 2.15. The highest BCUT2D eigenvalue weighted by atomic mass is 79.9. The summed E-state index contributed by atoms with van der Waals surface area (Å²) in [5.41, 5.74) is 1.68. The largest absolute Gasteiger partial charge is 0.495 e. The van der Waals surface area contributed by atoms with E-state index in [9.17, 15) is 0 Å². The molecule has 0 saturated heterocycles. The molecule has 6 heteroatoms. The highest BCUT2D eigenvalue weighted by molar-refractivity contribution is 9.10. The van der Waals surface area contributed by atoms with Gasteiger partial charge in [-0.2, -0.15) is 0 Å². The first kappa shape index (κ1) is 15.6. The smallest absolute Gasteiger partial charge is 0.146 e. The van der Waals surface area contributed by atoms with Crippen LogP contribution in [0.2, 0.25) is 0 Å². The van der Waals surface area contributed by atoms with Crippen LogP contribution in [0.25, 0.3) is 11.3 Å². The summed E-state index contributed by atoms with van der Waals surface area (Å²) in [6.07, 6.45) is 2.58. The average Bonchev–Trinajstić information content (AvgIpc) is 2.52. The molecule has 0 aliphatic rings. The molecule has 1 heterocycles. The minimum Gasteiger partial charge on any atom is -0.495 e. The summed E-state index contributed by atoms with van der Waals surface area (Å²) in [5.74, 6) is 2.21. The van der Waals surface area contributed by atoms with E-state index in [4.69, 9.17) is 9.47 Å². The molecule has 0 saturated carbocycles. The molecule has 112 valence electrons. The zero-order valence-electron chi connectivity index (χ0n) is 12.3. The number of ether oxygens (including phenoxy) is 2. The number of anilines is 1. The normalized spacial score (nSPS) is 10.3. The van der Waals surface area contributed by atoms with Gasteiger partial charge in [0.15, 0.2) is 0 Å². The van der Waals surface area contributed by atoms with Crippen molar-refractivity contribution in [2.75, 3.05) is 26.1 Å². The van der Waals surface area contributed by atoms with Gasteiger partial charge in [-0.25, -0.2) is 9.97 Å². The van der Waals surface area contributed by atoms with Crippen LogP contribution in [0.1, 0.15) is 13.3 Å². The van der Waals surface area contributed by atoms with Crippen molar-refractivity contribution in [1.29, 1.82) is 0 Å². The van der Waals surface area contributed by atoms with Crippen molar-refractivity contribution in [1.82, 2.24) is 9.97 Å². The van der Waals surface area contributed by atoms with E-state index in [1.165, 1.54) is 0 Å². The van der Waals surface area contributed by atoms with Crippen LogP contribution in [-0.4, -0.2) is 30.7 Å². The second kappa shape index (κ2) is 7.26. The lowest BCUT2D eigenvalue weighted by Gasteiger charge is -2.13. The number of aromatic nitrogens is 2. The van der Waals surface area contributed by atoms with Gasteiger partial charge in [-0.15, -0.1) is 0 Å². The van der Waals surface area contributed by atoms with E-state index in [1.807, 2.05) is 18.2 Å². The van der Waals surface area contributed by atoms with Gasteiger partial charge in [-0.05, 0) is 34.5 Å². The van der Waals surface area contributed by atoms with Gasteiger partial charge < -0.3 is 14.8 Å². The summed E-state index contributed by atoms with van der Waals surface area (Å²) in [7, 11) is 3.25. The Morgan fingerprint density at radius 1 is 1.19 bits per heavy atom. The molecule has 0 aliphatic heterocycles. The Hall–Kier alpha value is -1.82. The molecule has 0 aliphatic carbocycles. The average molecular weight is 352 g/mol. The van der Waals surface area contributed by atoms with E-state index < -0.39 is 0 Å². The number of halogens is 1. The number of methoxy groups -OCH3 is 2. The second-order valence-electron chi connectivity index (χ2n) is 4.38. The Morgan fingerprint density at radius 3 is 2.67 bits per heavy atom. The molecule has 0 spiro atoms. The lowest BCUT2D eigenvalue weighted by Crippen LogP contribution is -2.02. The molecule has 0 radical (unpaired) electrons. The maximum atomic E-state index is 5.49. The van der Waals surface area contributed by atoms with Crippen LogP contribution in [0.5, 0.6) is 11.5 Å². The van der Waals surface area contributed by atoms with E-state index in [0.29, 0.717) is 11.5 Å². The SMILES string of the molecule is CCCNc1cc(-c2ccc(OC)c(Br)c2OC)ncn1. The zero-order chi connectivity index (χ0) is 15.2. The van der Waals surface area contributed by atoms with E-state index in [1.54, 1.807) is 20.5 Å². The van der Waals surface area contributed by atoms with Gasteiger partial charge in [-0.3, -0.25) is 0 Å². The minimum absolute atomic E-state index is 0.689. The van der Waals surface area contributed by atoms with Gasteiger partial charge in [0.1, 0.15) is 28.1 Å². The number of nitrogens with one attached hydrogen (secondary N) is 1. The fourth-order valence-corrected chi connectivity index (χ4v) is 2.62. The zero-order valence-corrected chi connectivity index (χ0v) is 13.9. The second-order valence-corrected chi connectivity index (χ2v) is 5.17. The van der Waals surface area contributed by atoms with Gasteiger partial charge in [0, 0.05) is 18.2 Å². The van der Waals surface area contributed by atoms with Crippen molar-refractivity contribution >= 4 is 21.7 Å². The summed E-state index contributed by atoms with van der Waals surface area (Å²) >= 11 is 3.50. The van der Waals surface area contributed by atoms with Crippen molar-refractivity contribution in [2.24, 2.45) is 0 Å². The molecule has 1 aromatic heterocycles. The molecule has 1 N–H and O–H groups in total. The summed E-state index contributed by atoms with van der Waals surface area (Å²) in [4.78, 5) is 8.54. The van der Waals surface area contributed by atoms with E-state index in [-0.39, 0.29) is 0 Å². The van der Waals surface area contributed by atoms with Crippen LogP contribution in [0.4, 0.5) is 5.82 Å². The maximum absolute atomic E-state index is 5.49. The number of hydrogen-bond acceptors (Lipinski definition) is 5. The Kier molecular flexibility index (Phi) is 5.38. The first-order valence-electron chi connectivity index (χ1n) is 6.68. The summed E-state index contributed by atoms with van der Waals surface area (Å²) in [5, 5.41) is 3.25. The van der Waals surface area contributed by atoms with Gasteiger partial charge in [-0.1, -0.05) is 6.92 Å². The van der Waals surface area contributed by atoms with Crippen LogP contribution in [0.3, 0.4) is 0 Å². The summed E-state index contributed by atoms with van der Waals surface area (Å²) in [6.45, 7) is 2.98. The third-order valence-corrected chi connectivity index (χ3v) is 3.74. The molecule has 0 unspecified atom stereocenters. The molecule has 21 heavy (non-hydrogen) atoms. The maximum Gasteiger partial charge on any atom is 0.146 e. The minimum atomic E-state index is 0.689. The Balaban J connectivity index is 2.44. The molecular weight excluding hydrogens is 334 g/mol. The molecule has 0 amide bonds. The van der Waals surface area contributed by atoms with Crippen molar-refractivity contribution in [3.63, 3.8) is 0 Å². The third-order valence-electron chi connectivity index (χ3n) is 2.98.